The Labute approximate surface area is 98.6 Å². The van der Waals surface area contributed by atoms with Crippen molar-refractivity contribution in [3.05, 3.63) is 12.7 Å². The van der Waals surface area contributed by atoms with Gasteiger partial charge in [0.05, 0.1) is 5.33 Å². The normalized spacial score (nSPS) is 11.6. The quantitative estimate of drug-likeness (QED) is 0.419. The highest BCUT2D eigenvalue weighted by Gasteiger charge is 2.11. The summed E-state index contributed by atoms with van der Waals surface area (Å²) >= 11 is 3.05. The van der Waals surface area contributed by atoms with Gasteiger partial charge in [-0.15, -0.1) is 0 Å². The van der Waals surface area contributed by atoms with Crippen LogP contribution in [-0.2, 0) is 9.59 Å². The highest BCUT2D eigenvalue weighted by atomic mass is 79.9. The van der Waals surface area contributed by atoms with Crippen molar-refractivity contribution in [1.29, 1.82) is 0 Å². The third-order valence-corrected chi connectivity index (χ3v) is 2.31. The standard InChI is InChI=1S/C10H17BrN2O2/c1-3-5-6-8(12-9(14)4-2)13-10(15)7-11/h4,8H,2-3,5-7H2,1H3,(H,12,14)(H,13,15)/t8-/m0/s1. The van der Waals surface area contributed by atoms with Crippen LogP contribution in [0.3, 0.4) is 0 Å². The van der Waals surface area contributed by atoms with Crippen LogP contribution in [0.25, 0.3) is 0 Å². The zero-order valence-electron chi connectivity index (χ0n) is 8.88. The molecule has 0 unspecified atom stereocenters. The predicted octanol–water partition coefficient (Wildman–Crippen LogP) is 1.32. The summed E-state index contributed by atoms with van der Waals surface area (Å²) in [4.78, 5) is 22.2. The Morgan fingerprint density at radius 3 is 2.60 bits per heavy atom. The summed E-state index contributed by atoms with van der Waals surface area (Å²) in [6, 6.07) is 0. The number of nitrogens with one attached hydrogen (secondary N) is 2. The van der Waals surface area contributed by atoms with E-state index >= 15 is 0 Å². The summed E-state index contributed by atoms with van der Waals surface area (Å²) in [5.41, 5.74) is 0. The van der Waals surface area contributed by atoms with Gasteiger partial charge in [-0.1, -0.05) is 35.9 Å². The molecule has 0 saturated carbocycles. The SMILES string of the molecule is C=CC(=O)N[C@H](CCCC)NC(=O)CBr. The first kappa shape index (κ1) is 14.2. The van der Waals surface area contributed by atoms with Gasteiger partial charge >= 0.3 is 0 Å². The monoisotopic (exact) mass is 276 g/mol. The van der Waals surface area contributed by atoms with Gasteiger partial charge in [0.25, 0.3) is 0 Å². The topological polar surface area (TPSA) is 58.2 Å². The number of amides is 2. The van der Waals surface area contributed by atoms with Gasteiger partial charge in [-0.05, 0) is 18.9 Å². The van der Waals surface area contributed by atoms with Crippen molar-refractivity contribution in [3.8, 4) is 0 Å². The van der Waals surface area contributed by atoms with Crippen molar-refractivity contribution in [2.24, 2.45) is 0 Å². The third-order valence-electron chi connectivity index (χ3n) is 1.80. The van der Waals surface area contributed by atoms with Gasteiger partial charge in [0.2, 0.25) is 11.8 Å². The molecule has 0 saturated heterocycles. The fourth-order valence-electron chi connectivity index (χ4n) is 1.05. The van der Waals surface area contributed by atoms with E-state index in [1.165, 1.54) is 6.08 Å². The molecule has 0 aromatic heterocycles. The summed E-state index contributed by atoms with van der Waals surface area (Å²) in [7, 11) is 0. The third kappa shape index (κ3) is 7.13. The second-order valence-electron chi connectivity index (χ2n) is 3.11. The molecule has 86 valence electrons. The molecular weight excluding hydrogens is 260 g/mol. The van der Waals surface area contributed by atoms with E-state index in [0.29, 0.717) is 0 Å². The molecule has 5 heteroatoms. The number of unbranched alkanes of at least 4 members (excludes halogenated alkanes) is 1. The number of alkyl halides is 1. The van der Waals surface area contributed by atoms with E-state index in [1.54, 1.807) is 0 Å². The minimum Gasteiger partial charge on any atom is -0.335 e. The molecule has 0 bridgehead atoms. The van der Waals surface area contributed by atoms with Crippen LogP contribution in [0.5, 0.6) is 0 Å². The van der Waals surface area contributed by atoms with Gasteiger partial charge in [-0.25, -0.2) is 0 Å². The summed E-state index contributed by atoms with van der Waals surface area (Å²) in [5.74, 6) is -0.411. The van der Waals surface area contributed by atoms with E-state index in [0.717, 1.165) is 19.3 Å². The lowest BCUT2D eigenvalue weighted by molar-refractivity contribution is -0.120. The van der Waals surface area contributed by atoms with Gasteiger partial charge in [-0.3, -0.25) is 9.59 Å². The maximum absolute atomic E-state index is 11.1. The van der Waals surface area contributed by atoms with Crippen molar-refractivity contribution in [1.82, 2.24) is 10.6 Å². The van der Waals surface area contributed by atoms with E-state index in [4.69, 9.17) is 0 Å². The lowest BCUT2D eigenvalue weighted by atomic mass is 10.2. The molecule has 0 rings (SSSR count). The Morgan fingerprint density at radius 1 is 1.47 bits per heavy atom. The molecule has 2 amide bonds. The van der Waals surface area contributed by atoms with Gasteiger partial charge in [0.1, 0.15) is 6.17 Å². The van der Waals surface area contributed by atoms with Crippen LogP contribution in [0.15, 0.2) is 12.7 Å². The number of carbonyl (C=O) groups excluding carboxylic acids is 2. The van der Waals surface area contributed by atoms with Crippen molar-refractivity contribution in [2.75, 3.05) is 5.33 Å². The zero-order valence-corrected chi connectivity index (χ0v) is 10.5. The van der Waals surface area contributed by atoms with Gasteiger partial charge in [0.15, 0.2) is 0 Å². The van der Waals surface area contributed by atoms with Crippen molar-refractivity contribution in [3.63, 3.8) is 0 Å². The van der Waals surface area contributed by atoms with Crippen LogP contribution < -0.4 is 10.6 Å². The molecule has 0 fully saturated rings. The summed E-state index contributed by atoms with van der Waals surface area (Å²) in [6.45, 7) is 5.41. The summed E-state index contributed by atoms with van der Waals surface area (Å²) in [5, 5.41) is 5.59. The second kappa shape index (κ2) is 8.47. The Balaban J connectivity index is 4.10. The average molecular weight is 277 g/mol. The molecule has 15 heavy (non-hydrogen) atoms. The minimum atomic E-state index is -0.305. The first-order chi connectivity index (χ1) is 7.13. The van der Waals surface area contributed by atoms with Gasteiger partial charge in [0, 0.05) is 0 Å². The molecule has 2 N–H and O–H groups in total. The van der Waals surface area contributed by atoms with E-state index in [-0.39, 0.29) is 23.3 Å². The largest absolute Gasteiger partial charge is 0.335 e. The van der Waals surface area contributed by atoms with Crippen LogP contribution in [0.4, 0.5) is 0 Å². The molecule has 0 aliphatic rings. The van der Waals surface area contributed by atoms with Crippen LogP contribution in [-0.4, -0.2) is 23.3 Å². The molecule has 0 aliphatic heterocycles. The number of carbonyl (C=O) groups is 2. The number of hydrogen-bond acceptors (Lipinski definition) is 2. The van der Waals surface area contributed by atoms with E-state index in [2.05, 4.69) is 40.1 Å². The molecule has 0 aromatic rings. The zero-order chi connectivity index (χ0) is 11.7. The summed E-state index contributed by atoms with van der Waals surface area (Å²) < 4.78 is 0. The molecular formula is C10H17BrN2O2. The van der Waals surface area contributed by atoms with E-state index in [9.17, 15) is 9.59 Å². The molecule has 0 radical (unpaired) electrons. The lowest BCUT2D eigenvalue weighted by Crippen LogP contribution is -2.47. The van der Waals surface area contributed by atoms with Crippen LogP contribution in [0.2, 0.25) is 0 Å². The fraction of sp³-hybridized carbons (Fsp3) is 0.600. The smallest absolute Gasteiger partial charge is 0.244 e. The minimum absolute atomic E-state index is 0.138. The molecule has 0 heterocycles. The van der Waals surface area contributed by atoms with Gasteiger partial charge in [-0.2, -0.15) is 0 Å². The van der Waals surface area contributed by atoms with E-state index in [1.807, 2.05) is 0 Å². The maximum Gasteiger partial charge on any atom is 0.244 e. The predicted molar refractivity (Wildman–Crippen MR) is 63.6 cm³/mol. The lowest BCUT2D eigenvalue weighted by Gasteiger charge is -2.18. The first-order valence-corrected chi connectivity index (χ1v) is 6.04. The molecule has 4 nitrogen and oxygen atoms in total. The molecule has 0 spiro atoms. The molecule has 1 atom stereocenters. The Morgan fingerprint density at radius 2 is 2.13 bits per heavy atom. The average Bonchev–Trinajstić information content (AvgIpc) is 2.25. The molecule has 0 aliphatic carbocycles. The van der Waals surface area contributed by atoms with Crippen molar-refractivity contribution >= 4 is 27.7 Å². The number of rotatable bonds is 7. The van der Waals surface area contributed by atoms with Crippen LogP contribution >= 0.6 is 15.9 Å². The second-order valence-corrected chi connectivity index (χ2v) is 3.67. The van der Waals surface area contributed by atoms with Crippen LogP contribution in [0, 0.1) is 0 Å². The van der Waals surface area contributed by atoms with Gasteiger partial charge < -0.3 is 10.6 Å². The Hall–Kier alpha value is -0.840. The van der Waals surface area contributed by atoms with Crippen molar-refractivity contribution in [2.45, 2.75) is 32.4 Å². The first-order valence-electron chi connectivity index (χ1n) is 4.92. The van der Waals surface area contributed by atoms with E-state index < -0.39 is 0 Å². The number of hydrogen-bond donors (Lipinski definition) is 2. The highest BCUT2D eigenvalue weighted by molar-refractivity contribution is 9.09. The number of halogens is 1. The molecule has 0 aromatic carbocycles. The maximum atomic E-state index is 11.1. The Bertz CT molecular complexity index is 231. The highest BCUT2D eigenvalue weighted by Crippen LogP contribution is 1.98. The Kier molecular flexibility index (Phi) is 7.99. The fourth-order valence-corrected chi connectivity index (χ4v) is 1.21. The van der Waals surface area contributed by atoms with Crippen molar-refractivity contribution < 1.29 is 9.59 Å². The summed E-state index contributed by atoms with van der Waals surface area (Å²) in [6.07, 6.45) is 3.59. The van der Waals surface area contributed by atoms with Crippen LogP contribution in [0.1, 0.15) is 26.2 Å².